The molecule has 1 N–H and O–H groups in total. The van der Waals surface area contributed by atoms with Crippen molar-refractivity contribution in [2.24, 2.45) is 0 Å². The van der Waals surface area contributed by atoms with Crippen LogP contribution >= 0.6 is 0 Å². The molecule has 0 bridgehead atoms. The lowest BCUT2D eigenvalue weighted by molar-refractivity contribution is 0.546. The molecular weight excluding hydrogens is 358 g/mol. The molecule has 4 rings (SSSR count). The third-order valence-corrected chi connectivity index (χ3v) is 6.18. The van der Waals surface area contributed by atoms with Crippen molar-refractivity contribution in [1.82, 2.24) is 9.88 Å². The third kappa shape index (κ3) is 3.85. The van der Waals surface area contributed by atoms with Gasteiger partial charge in [0.25, 0.3) is 5.56 Å². The Balaban J connectivity index is 1.56. The predicted octanol–water partition coefficient (Wildman–Crippen LogP) is 3.76. The van der Waals surface area contributed by atoms with Gasteiger partial charge in [0, 0.05) is 43.5 Å². The first-order valence-electron chi connectivity index (χ1n) is 10.4. The maximum absolute atomic E-state index is 12.8. The van der Waals surface area contributed by atoms with Crippen LogP contribution in [0, 0.1) is 0 Å². The zero-order chi connectivity index (χ0) is 20.4. The second kappa shape index (κ2) is 8.26. The summed E-state index contributed by atoms with van der Waals surface area (Å²) in [7, 11) is 4.14. The Labute approximate surface area is 172 Å². The van der Waals surface area contributed by atoms with E-state index in [-0.39, 0.29) is 5.56 Å². The molecule has 150 valence electrons. The second-order valence-corrected chi connectivity index (χ2v) is 8.00. The van der Waals surface area contributed by atoms with E-state index in [4.69, 9.17) is 0 Å². The van der Waals surface area contributed by atoms with Crippen LogP contribution in [-0.4, -0.2) is 31.2 Å². The summed E-state index contributed by atoms with van der Waals surface area (Å²) >= 11 is 0. The third-order valence-electron chi connectivity index (χ3n) is 6.18. The van der Waals surface area contributed by atoms with Crippen LogP contribution < -0.4 is 15.8 Å². The highest BCUT2D eigenvalue weighted by Crippen LogP contribution is 2.40. The van der Waals surface area contributed by atoms with Crippen molar-refractivity contribution in [3.05, 3.63) is 93.9 Å². The Morgan fingerprint density at radius 1 is 0.966 bits per heavy atom. The topological polar surface area (TPSA) is 37.3 Å². The molecule has 0 aliphatic carbocycles. The summed E-state index contributed by atoms with van der Waals surface area (Å²) in [5.41, 5.74) is 5.89. The number of aromatic nitrogens is 1. The van der Waals surface area contributed by atoms with E-state index < -0.39 is 0 Å². The Morgan fingerprint density at radius 3 is 2.45 bits per heavy atom. The molecule has 0 spiro atoms. The molecule has 2 unspecified atom stereocenters. The van der Waals surface area contributed by atoms with Crippen LogP contribution in [0.25, 0.3) is 5.69 Å². The first-order valence-corrected chi connectivity index (χ1v) is 10.4. The molecule has 0 fully saturated rings. The number of aryl methyl sites for hydroxylation is 2. The summed E-state index contributed by atoms with van der Waals surface area (Å²) in [5.74, 6) is 0.466. The van der Waals surface area contributed by atoms with Gasteiger partial charge in [0.05, 0.1) is 5.69 Å². The van der Waals surface area contributed by atoms with E-state index in [2.05, 4.69) is 72.7 Å². The highest BCUT2D eigenvalue weighted by molar-refractivity contribution is 5.65. The summed E-state index contributed by atoms with van der Waals surface area (Å²) in [6.07, 6.45) is 3.72. The van der Waals surface area contributed by atoms with E-state index in [0.29, 0.717) is 12.0 Å². The Morgan fingerprint density at radius 2 is 1.72 bits per heavy atom. The van der Waals surface area contributed by atoms with Gasteiger partial charge in [0.1, 0.15) is 0 Å². The molecule has 0 radical (unpaired) electrons. The van der Waals surface area contributed by atoms with Crippen molar-refractivity contribution in [2.75, 3.05) is 25.5 Å². The van der Waals surface area contributed by atoms with Crippen LogP contribution in [0.2, 0.25) is 0 Å². The average Bonchev–Trinajstić information content (AvgIpc) is 2.98. The maximum Gasteiger partial charge on any atom is 0.255 e. The van der Waals surface area contributed by atoms with E-state index in [0.717, 1.165) is 30.6 Å². The molecule has 1 aliphatic rings. The number of hydrogen-bond donors (Lipinski definition) is 1. The summed E-state index contributed by atoms with van der Waals surface area (Å²) < 4.78 is 1.75. The van der Waals surface area contributed by atoms with E-state index >= 15 is 0 Å². The van der Waals surface area contributed by atoms with Crippen molar-refractivity contribution >= 4 is 5.69 Å². The Bertz CT molecular complexity index is 1040. The fourth-order valence-electron chi connectivity index (χ4n) is 4.44. The molecule has 1 aliphatic heterocycles. The first-order chi connectivity index (χ1) is 14.1. The van der Waals surface area contributed by atoms with Gasteiger partial charge >= 0.3 is 0 Å². The summed E-state index contributed by atoms with van der Waals surface area (Å²) in [4.78, 5) is 15.1. The maximum atomic E-state index is 12.8. The number of rotatable bonds is 6. The first kappa shape index (κ1) is 19.5. The number of fused-ring (bicyclic) bond motifs is 1. The van der Waals surface area contributed by atoms with E-state index in [9.17, 15) is 4.79 Å². The lowest BCUT2D eigenvalue weighted by Crippen LogP contribution is -2.38. The van der Waals surface area contributed by atoms with Crippen LogP contribution in [0.15, 0.2) is 71.7 Å². The van der Waals surface area contributed by atoms with Crippen LogP contribution in [0.3, 0.4) is 0 Å². The largest absolute Gasteiger partial charge is 0.369 e. The number of pyridine rings is 1. The molecular formula is C25H29N3O. The van der Waals surface area contributed by atoms with Crippen LogP contribution in [0.5, 0.6) is 0 Å². The SMILES string of the molecule is CNCC1C(C)c2ccc(-n3ccc(CCc4ccccc4)cc3=O)cc2N1C. The van der Waals surface area contributed by atoms with E-state index in [1.165, 1.54) is 16.8 Å². The van der Waals surface area contributed by atoms with Crippen molar-refractivity contribution < 1.29 is 0 Å². The van der Waals surface area contributed by atoms with E-state index in [1.807, 2.05) is 19.3 Å². The minimum absolute atomic E-state index is 0.0241. The number of benzene rings is 2. The van der Waals surface area contributed by atoms with Gasteiger partial charge in [-0.25, -0.2) is 0 Å². The minimum atomic E-state index is 0.0241. The zero-order valence-electron chi connectivity index (χ0n) is 17.4. The summed E-state index contributed by atoms with van der Waals surface area (Å²) in [6.45, 7) is 3.22. The van der Waals surface area contributed by atoms with Gasteiger partial charge in [-0.2, -0.15) is 0 Å². The highest BCUT2D eigenvalue weighted by Gasteiger charge is 2.33. The summed E-state index contributed by atoms with van der Waals surface area (Å²) in [5, 5.41) is 3.29. The van der Waals surface area contributed by atoms with Crippen molar-refractivity contribution in [1.29, 1.82) is 0 Å². The molecule has 2 heterocycles. The van der Waals surface area contributed by atoms with E-state index in [1.54, 1.807) is 10.6 Å². The van der Waals surface area contributed by atoms with Crippen molar-refractivity contribution in [3.63, 3.8) is 0 Å². The van der Waals surface area contributed by atoms with Crippen LogP contribution in [0.1, 0.15) is 29.5 Å². The van der Waals surface area contributed by atoms with Gasteiger partial charge in [-0.1, -0.05) is 43.3 Å². The normalized spacial score (nSPS) is 18.1. The number of nitrogens with one attached hydrogen (secondary N) is 1. The van der Waals surface area contributed by atoms with Gasteiger partial charge in [-0.05, 0) is 54.8 Å². The molecule has 1 aromatic heterocycles. The number of hydrogen-bond acceptors (Lipinski definition) is 3. The van der Waals surface area contributed by atoms with Gasteiger partial charge in [0.15, 0.2) is 0 Å². The fraction of sp³-hybridized carbons (Fsp3) is 0.320. The molecule has 29 heavy (non-hydrogen) atoms. The summed E-state index contributed by atoms with van der Waals surface area (Å²) in [6, 6.07) is 21.1. The lowest BCUT2D eigenvalue weighted by atomic mass is 9.97. The molecule has 0 amide bonds. The fourth-order valence-corrected chi connectivity index (χ4v) is 4.44. The average molecular weight is 388 g/mol. The Kier molecular flexibility index (Phi) is 5.54. The quantitative estimate of drug-likeness (QED) is 0.700. The number of anilines is 1. The molecule has 2 atom stereocenters. The Hall–Kier alpha value is -2.85. The number of nitrogens with zero attached hydrogens (tertiary/aromatic N) is 2. The molecule has 3 aromatic rings. The lowest BCUT2D eigenvalue weighted by Gasteiger charge is -2.25. The zero-order valence-corrected chi connectivity index (χ0v) is 17.4. The molecule has 0 saturated heterocycles. The van der Waals surface area contributed by atoms with Crippen molar-refractivity contribution in [3.8, 4) is 5.69 Å². The standard InChI is InChI=1S/C25H29N3O/c1-18-22-12-11-21(16-23(22)27(3)24(18)17-26-2)28-14-13-20(15-25(28)29)10-9-19-7-5-4-6-8-19/h4-8,11-16,18,24,26H,9-10,17H2,1-3H3. The van der Waals surface area contributed by atoms with Gasteiger partial charge < -0.3 is 10.2 Å². The van der Waals surface area contributed by atoms with Gasteiger partial charge in [0.2, 0.25) is 0 Å². The molecule has 4 heteroatoms. The number of likely N-dealkylation sites (N-methyl/N-ethyl adjacent to an activating group) is 2. The molecule has 4 nitrogen and oxygen atoms in total. The minimum Gasteiger partial charge on any atom is -0.369 e. The highest BCUT2D eigenvalue weighted by atomic mass is 16.1. The van der Waals surface area contributed by atoms with Crippen LogP contribution in [0.4, 0.5) is 5.69 Å². The van der Waals surface area contributed by atoms with Gasteiger partial charge in [-0.15, -0.1) is 0 Å². The van der Waals surface area contributed by atoms with Gasteiger partial charge in [-0.3, -0.25) is 9.36 Å². The molecule has 2 aromatic carbocycles. The monoisotopic (exact) mass is 387 g/mol. The second-order valence-electron chi connectivity index (χ2n) is 8.00. The predicted molar refractivity (Wildman–Crippen MR) is 120 cm³/mol. The molecule has 0 saturated carbocycles. The van der Waals surface area contributed by atoms with Crippen LogP contribution in [-0.2, 0) is 12.8 Å². The van der Waals surface area contributed by atoms with Crippen molar-refractivity contribution in [2.45, 2.75) is 31.7 Å². The smallest absolute Gasteiger partial charge is 0.255 e.